The van der Waals surface area contributed by atoms with E-state index in [1.54, 1.807) is 24.3 Å². The first-order valence-corrected chi connectivity index (χ1v) is 9.27. The summed E-state index contributed by atoms with van der Waals surface area (Å²) < 4.78 is 55.3. The minimum atomic E-state index is -3.35. The minimum Gasteiger partial charge on any atom is -0.384 e. The van der Waals surface area contributed by atoms with Crippen LogP contribution in [-0.4, -0.2) is 40.2 Å². The molecule has 1 aliphatic carbocycles. The van der Waals surface area contributed by atoms with Crippen molar-refractivity contribution < 1.29 is 21.9 Å². The molecule has 0 unspecified atom stereocenters. The van der Waals surface area contributed by atoms with Crippen LogP contribution in [0.25, 0.3) is 5.57 Å². The van der Waals surface area contributed by atoms with E-state index in [1.165, 1.54) is 7.11 Å². The number of hydrogen-bond acceptors (Lipinski definition) is 3. The van der Waals surface area contributed by atoms with Crippen molar-refractivity contribution in [1.29, 1.82) is 0 Å². The first-order valence-electron chi connectivity index (χ1n) is 7.62. The third-order valence-corrected chi connectivity index (χ3v) is 5.85. The highest BCUT2D eigenvalue weighted by Gasteiger charge is 2.33. The van der Waals surface area contributed by atoms with Crippen molar-refractivity contribution in [2.45, 2.75) is 37.0 Å². The molecule has 1 saturated carbocycles. The Morgan fingerprint density at radius 3 is 2.30 bits per heavy atom. The van der Waals surface area contributed by atoms with Gasteiger partial charge in [-0.2, -0.15) is 0 Å². The van der Waals surface area contributed by atoms with Gasteiger partial charge in [-0.15, -0.1) is 0 Å². The van der Waals surface area contributed by atoms with Gasteiger partial charge in [0.1, 0.15) is 12.3 Å². The Labute approximate surface area is 136 Å². The summed E-state index contributed by atoms with van der Waals surface area (Å²) >= 11 is 0. The number of allylic oxidation sites excluding steroid dienone is 2. The highest BCUT2D eigenvalue weighted by atomic mass is 32.2. The van der Waals surface area contributed by atoms with Gasteiger partial charge >= 0.3 is 0 Å². The van der Waals surface area contributed by atoms with Gasteiger partial charge in [0.05, 0.1) is 17.3 Å². The van der Waals surface area contributed by atoms with Crippen LogP contribution in [0, 0.1) is 5.92 Å². The van der Waals surface area contributed by atoms with E-state index in [-0.39, 0.29) is 36.0 Å². The summed E-state index contributed by atoms with van der Waals surface area (Å²) in [6.07, 6.45) is -0.459. The molecule has 128 valence electrons. The normalized spacial score (nSPS) is 25.7. The molecule has 1 aromatic rings. The lowest BCUT2D eigenvalue weighted by atomic mass is 10.00. The molecule has 0 heterocycles. The van der Waals surface area contributed by atoms with Crippen molar-refractivity contribution in [2.75, 3.05) is 19.5 Å². The van der Waals surface area contributed by atoms with Crippen LogP contribution in [0.4, 0.5) is 8.78 Å². The van der Waals surface area contributed by atoms with Crippen LogP contribution in [0.5, 0.6) is 0 Å². The maximum atomic E-state index is 13.2. The molecular weight excluding hydrogens is 322 g/mol. The van der Waals surface area contributed by atoms with Crippen molar-refractivity contribution in [3.8, 4) is 0 Å². The van der Waals surface area contributed by atoms with Gasteiger partial charge in [0, 0.05) is 7.11 Å². The molecule has 0 N–H and O–H groups in total. The number of ether oxygens (including phenoxy) is 1. The zero-order chi connectivity index (χ0) is 17.0. The number of sulfone groups is 1. The van der Waals surface area contributed by atoms with E-state index in [0.717, 1.165) is 11.1 Å². The maximum Gasteiger partial charge on any atom is 0.180 e. The fraction of sp³-hybridized carbons (Fsp3) is 0.529. The van der Waals surface area contributed by atoms with E-state index in [0.29, 0.717) is 0 Å². The summed E-state index contributed by atoms with van der Waals surface area (Å²) in [6.45, 7) is 2.02. The number of rotatable bonds is 6. The van der Waals surface area contributed by atoms with Crippen LogP contribution < -0.4 is 0 Å². The SMILES string of the molecule is COCCS(=O)(=O)c1ccc(/C(C)=C\[C@H]2C[C@@H](F)[C@@H](F)C2)cc1. The zero-order valence-electron chi connectivity index (χ0n) is 13.3. The molecule has 0 radical (unpaired) electrons. The average molecular weight is 344 g/mol. The van der Waals surface area contributed by atoms with E-state index in [2.05, 4.69) is 0 Å². The van der Waals surface area contributed by atoms with Gasteiger partial charge in [-0.1, -0.05) is 18.2 Å². The van der Waals surface area contributed by atoms with Gasteiger partial charge in [0.25, 0.3) is 0 Å². The highest BCUT2D eigenvalue weighted by Crippen LogP contribution is 2.33. The third-order valence-electron chi connectivity index (χ3n) is 4.16. The van der Waals surface area contributed by atoms with Crippen LogP contribution in [-0.2, 0) is 14.6 Å². The predicted octanol–water partition coefficient (Wildman–Crippen LogP) is 3.60. The van der Waals surface area contributed by atoms with E-state index in [9.17, 15) is 17.2 Å². The van der Waals surface area contributed by atoms with E-state index in [1.807, 2.05) is 13.0 Å². The lowest BCUT2D eigenvalue weighted by Gasteiger charge is -2.08. The monoisotopic (exact) mass is 344 g/mol. The summed E-state index contributed by atoms with van der Waals surface area (Å²) in [5, 5.41) is 0. The molecule has 2 rings (SSSR count). The molecule has 3 nitrogen and oxygen atoms in total. The van der Waals surface area contributed by atoms with Crippen molar-refractivity contribution in [2.24, 2.45) is 5.92 Å². The molecule has 0 aliphatic heterocycles. The summed E-state index contributed by atoms with van der Waals surface area (Å²) in [5.74, 6) is -0.166. The standard InChI is InChI=1S/C17H22F2O3S/c1-12(9-13-10-16(18)17(19)11-13)14-3-5-15(6-4-14)23(20,21)8-7-22-2/h3-6,9,13,16-17H,7-8,10-11H2,1-2H3/b12-9-/t13-,16+,17-. The molecule has 1 fully saturated rings. The van der Waals surface area contributed by atoms with Crippen LogP contribution in [0.3, 0.4) is 0 Å². The second-order valence-electron chi connectivity index (χ2n) is 5.95. The fourth-order valence-electron chi connectivity index (χ4n) is 2.79. The predicted molar refractivity (Wildman–Crippen MR) is 86.5 cm³/mol. The lowest BCUT2D eigenvalue weighted by Crippen LogP contribution is -2.11. The smallest absolute Gasteiger partial charge is 0.180 e. The Balaban J connectivity index is 2.10. The molecule has 0 aromatic heterocycles. The Morgan fingerprint density at radius 1 is 1.22 bits per heavy atom. The van der Waals surface area contributed by atoms with Crippen molar-refractivity contribution >= 4 is 15.4 Å². The highest BCUT2D eigenvalue weighted by molar-refractivity contribution is 7.91. The molecule has 0 saturated heterocycles. The summed E-state index contributed by atoms with van der Waals surface area (Å²) in [6, 6.07) is 6.56. The third kappa shape index (κ3) is 4.61. The van der Waals surface area contributed by atoms with Crippen LogP contribution >= 0.6 is 0 Å². The second-order valence-corrected chi connectivity index (χ2v) is 8.06. The first kappa shape index (κ1) is 18.1. The Morgan fingerprint density at radius 2 is 1.78 bits per heavy atom. The first-order chi connectivity index (χ1) is 10.8. The molecule has 0 bridgehead atoms. The van der Waals surface area contributed by atoms with Crippen LogP contribution in [0.2, 0.25) is 0 Å². The number of hydrogen-bond donors (Lipinski definition) is 0. The zero-order valence-corrected chi connectivity index (χ0v) is 14.2. The van der Waals surface area contributed by atoms with E-state index >= 15 is 0 Å². The fourth-order valence-corrected chi connectivity index (χ4v) is 3.96. The van der Waals surface area contributed by atoms with Crippen molar-refractivity contribution in [1.82, 2.24) is 0 Å². The largest absolute Gasteiger partial charge is 0.384 e. The minimum absolute atomic E-state index is 0.0600. The molecule has 0 spiro atoms. The van der Waals surface area contributed by atoms with Gasteiger partial charge < -0.3 is 4.74 Å². The molecule has 23 heavy (non-hydrogen) atoms. The van der Waals surface area contributed by atoms with Gasteiger partial charge in [0.2, 0.25) is 0 Å². The average Bonchev–Trinajstić information content (AvgIpc) is 2.83. The van der Waals surface area contributed by atoms with Crippen LogP contribution in [0.15, 0.2) is 35.2 Å². The summed E-state index contributed by atoms with van der Waals surface area (Å²) in [7, 11) is -1.89. The number of methoxy groups -OCH3 is 1. The topological polar surface area (TPSA) is 43.4 Å². The molecule has 3 atom stereocenters. The van der Waals surface area contributed by atoms with Gasteiger partial charge in [-0.25, -0.2) is 17.2 Å². The van der Waals surface area contributed by atoms with Gasteiger partial charge in [-0.05, 0) is 49.0 Å². The number of benzene rings is 1. The van der Waals surface area contributed by atoms with E-state index in [4.69, 9.17) is 4.74 Å². The summed E-state index contributed by atoms with van der Waals surface area (Å²) in [5.41, 5.74) is 1.76. The molecule has 6 heteroatoms. The van der Waals surface area contributed by atoms with Crippen LogP contribution in [0.1, 0.15) is 25.3 Å². The quantitative estimate of drug-likeness (QED) is 0.792. The maximum absolute atomic E-state index is 13.2. The number of halogens is 2. The Hall–Kier alpha value is -1.27. The van der Waals surface area contributed by atoms with Gasteiger partial charge in [0.15, 0.2) is 9.84 Å². The molecule has 0 amide bonds. The molecule has 1 aromatic carbocycles. The van der Waals surface area contributed by atoms with Crippen molar-refractivity contribution in [3.63, 3.8) is 0 Å². The second kappa shape index (κ2) is 7.53. The number of alkyl halides is 2. The van der Waals surface area contributed by atoms with E-state index < -0.39 is 22.2 Å². The molecular formula is C17H22F2O3S. The lowest BCUT2D eigenvalue weighted by molar-refractivity contribution is 0.199. The Kier molecular flexibility index (Phi) is 5.92. The summed E-state index contributed by atoms with van der Waals surface area (Å²) in [4.78, 5) is 0.250. The Bertz CT molecular complexity index is 643. The van der Waals surface area contributed by atoms with Gasteiger partial charge in [-0.3, -0.25) is 0 Å². The molecule has 1 aliphatic rings. The van der Waals surface area contributed by atoms with Crippen molar-refractivity contribution in [3.05, 3.63) is 35.9 Å².